The molecule has 0 saturated heterocycles. The van der Waals surface area contributed by atoms with Gasteiger partial charge in [-0.1, -0.05) is 40.9 Å². The molecule has 2 aromatic heterocycles. The van der Waals surface area contributed by atoms with Gasteiger partial charge in [-0.15, -0.1) is 0 Å². The molecule has 2 aromatic carbocycles. The predicted molar refractivity (Wildman–Crippen MR) is 120 cm³/mol. The summed E-state index contributed by atoms with van der Waals surface area (Å²) < 4.78 is 8.76. The van der Waals surface area contributed by atoms with Crippen molar-refractivity contribution in [1.82, 2.24) is 19.6 Å². The SMILES string of the molecule is O=C(Nc1cnn(Cc2c(Cl)cccc2Cl)c1)c1ccnn1COc1ccc(Cl)cc1. The second-order valence-corrected chi connectivity index (χ2v) is 7.78. The summed E-state index contributed by atoms with van der Waals surface area (Å²) >= 11 is 18.3. The van der Waals surface area contributed by atoms with Crippen molar-refractivity contribution >= 4 is 46.4 Å². The lowest BCUT2D eigenvalue weighted by Crippen LogP contribution is -2.19. The zero-order chi connectivity index (χ0) is 21.8. The van der Waals surface area contributed by atoms with E-state index in [4.69, 9.17) is 39.5 Å². The molecule has 0 saturated carbocycles. The van der Waals surface area contributed by atoms with Crippen LogP contribution in [0.3, 0.4) is 0 Å². The number of nitrogens with one attached hydrogen (secondary N) is 1. The first-order valence-corrected chi connectivity index (χ1v) is 10.3. The third-order valence-corrected chi connectivity index (χ3v) is 5.35. The van der Waals surface area contributed by atoms with E-state index in [1.54, 1.807) is 65.6 Å². The molecular formula is C21H16Cl3N5O2. The number of ether oxygens (including phenoxy) is 1. The highest BCUT2D eigenvalue weighted by Crippen LogP contribution is 2.25. The van der Waals surface area contributed by atoms with Crippen molar-refractivity contribution in [1.29, 1.82) is 0 Å². The normalized spacial score (nSPS) is 10.8. The number of anilines is 1. The van der Waals surface area contributed by atoms with Gasteiger partial charge in [-0.05, 0) is 42.5 Å². The van der Waals surface area contributed by atoms with E-state index in [0.29, 0.717) is 38.7 Å². The summed E-state index contributed by atoms with van der Waals surface area (Å²) in [5.41, 5.74) is 1.62. The van der Waals surface area contributed by atoms with Gasteiger partial charge in [0, 0.05) is 33.0 Å². The van der Waals surface area contributed by atoms with Gasteiger partial charge in [-0.25, -0.2) is 4.68 Å². The van der Waals surface area contributed by atoms with Gasteiger partial charge >= 0.3 is 0 Å². The van der Waals surface area contributed by atoms with Crippen LogP contribution in [-0.2, 0) is 13.3 Å². The molecular weight excluding hydrogens is 461 g/mol. The fraction of sp³-hybridized carbons (Fsp3) is 0.0952. The summed E-state index contributed by atoms with van der Waals surface area (Å²) in [4.78, 5) is 12.7. The number of nitrogens with zero attached hydrogens (tertiary/aromatic N) is 4. The Kier molecular flexibility index (Phi) is 6.46. The molecule has 10 heteroatoms. The Morgan fingerprint density at radius 3 is 2.48 bits per heavy atom. The summed E-state index contributed by atoms with van der Waals surface area (Å²) in [6, 6.07) is 13.8. The largest absolute Gasteiger partial charge is 0.471 e. The van der Waals surface area contributed by atoms with Crippen LogP contribution in [0.4, 0.5) is 5.69 Å². The van der Waals surface area contributed by atoms with Crippen molar-refractivity contribution in [3.05, 3.63) is 93.4 Å². The minimum absolute atomic E-state index is 0.0711. The van der Waals surface area contributed by atoms with Gasteiger partial charge in [0.05, 0.1) is 18.4 Å². The Labute approximate surface area is 193 Å². The molecule has 7 nitrogen and oxygen atoms in total. The van der Waals surface area contributed by atoms with E-state index in [1.165, 1.54) is 10.9 Å². The van der Waals surface area contributed by atoms with Crippen LogP contribution in [0.25, 0.3) is 0 Å². The van der Waals surface area contributed by atoms with Crippen molar-refractivity contribution in [3.8, 4) is 5.75 Å². The molecule has 0 radical (unpaired) electrons. The molecule has 0 aliphatic carbocycles. The fourth-order valence-corrected chi connectivity index (χ4v) is 3.49. The van der Waals surface area contributed by atoms with E-state index in [9.17, 15) is 4.79 Å². The van der Waals surface area contributed by atoms with E-state index in [-0.39, 0.29) is 12.6 Å². The Morgan fingerprint density at radius 2 is 1.74 bits per heavy atom. The standard InChI is InChI=1S/C21H16Cl3N5O2/c22-14-4-6-16(7-5-14)31-13-29-20(8-9-25-29)21(30)27-15-10-26-28(11-15)12-17-18(23)2-1-3-19(17)24/h1-11H,12-13H2,(H,27,30). The van der Waals surface area contributed by atoms with Crippen LogP contribution in [-0.4, -0.2) is 25.5 Å². The second-order valence-electron chi connectivity index (χ2n) is 6.52. The van der Waals surface area contributed by atoms with Crippen LogP contribution < -0.4 is 10.1 Å². The molecule has 0 atom stereocenters. The van der Waals surface area contributed by atoms with Crippen LogP contribution in [0.5, 0.6) is 5.75 Å². The number of aromatic nitrogens is 4. The summed E-state index contributed by atoms with van der Waals surface area (Å²) in [7, 11) is 0. The van der Waals surface area contributed by atoms with Crippen LogP contribution in [0, 0.1) is 0 Å². The zero-order valence-corrected chi connectivity index (χ0v) is 18.3. The lowest BCUT2D eigenvalue weighted by molar-refractivity contribution is 0.100. The molecule has 158 valence electrons. The molecule has 0 spiro atoms. The lowest BCUT2D eigenvalue weighted by Gasteiger charge is -2.09. The Bertz CT molecular complexity index is 1180. The molecule has 2 heterocycles. The molecule has 0 aliphatic heterocycles. The quantitative estimate of drug-likeness (QED) is 0.389. The second kappa shape index (κ2) is 9.43. The molecule has 0 bridgehead atoms. The minimum atomic E-state index is -0.340. The summed E-state index contributed by atoms with van der Waals surface area (Å²) in [5.74, 6) is 0.276. The van der Waals surface area contributed by atoms with Crippen LogP contribution in [0.15, 0.2) is 67.1 Å². The Morgan fingerprint density at radius 1 is 1.00 bits per heavy atom. The summed E-state index contributed by atoms with van der Waals surface area (Å²) in [6.07, 6.45) is 4.78. The highest BCUT2D eigenvalue weighted by Gasteiger charge is 2.14. The first-order chi connectivity index (χ1) is 15.0. The van der Waals surface area contributed by atoms with Gasteiger partial charge in [0.2, 0.25) is 0 Å². The van der Waals surface area contributed by atoms with Crippen molar-refractivity contribution in [2.24, 2.45) is 0 Å². The van der Waals surface area contributed by atoms with E-state index in [0.717, 1.165) is 5.56 Å². The van der Waals surface area contributed by atoms with Gasteiger partial charge in [-0.2, -0.15) is 10.2 Å². The monoisotopic (exact) mass is 475 g/mol. The highest BCUT2D eigenvalue weighted by atomic mass is 35.5. The predicted octanol–water partition coefficient (Wildman–Crippen LogP) is 5.38. The number of amides is 1. The number of carbonyl (C=O) groups excluding carboxylic acids is 1. The minimum Gasteiger partial charge on any atom is -0.471 e. The van der Waals surface area contributed by atoms with Crippen LogP contribution in [0.2, 0.25) is 15.1 Å². The first-order valence-electron chi connectivity index (χ1n) is 9.16. The number of hydrogen-bond donors (Lipinski definition) is 1. The van der Waals surface area contributed by atoms with Crippen molar-refractivity contribution in [3.63, 3.8) is 0 Å². The third-order valence-electron chi connectivity index (χ3n) is 4.39. The van der Waals surface area contributed by atoms with E-state index >= 15 is 0 Å². The smallest absolute Gasteiger partial charge is 0.274 e. The average Bonchev–Trinajstić information content (AvgIpc) is 3.40. The van der Waals surface area contributed by atoms with Crippen molar-refractivity contribution < 1.29 is 9.53 Å². The van der Waals surface area contributed by atoms with E-state index in [1.807, 2.05) is 0 Å². The molecule has 4 aromatic rings. The summed E-state index contributed by atoms with van der Waals surface area (Å²) in [6.45, 7) is 0.447. The van der Waals surface area contributed by atoms with Crippen LogP contribution >= 0.6 is 34.8 Å². The van der Waals surface area contributed by atoms with Gasteiger partial charge in [-0.3, -0.25) is 9.48 Å². The van der Waals surface area contributed by atoms with E-state index in [2.05, 4.69) is 15.5 Å². The molecule has 31 heavy (non-hydrogen) atoms. The molecule has 1 amide bonds. The van der Waals surface area contributed by atoms with Gasteiger partial charge in [0.25, 0.3) is 5.91 Å². The number of halogens is 3. The van der Waals surface area contributed by atoms with Crippen molar-refractivity contribution in [2.75, 3.05) is 5.32 Å². The van der Waals surface area contributed by atoms with Crippen LogP contribution in [0.1, 0.15) is 16.1 Å². The molecule has 4 rings (SSSR count). The van der Waals surface area contributed by atoms with E-state index < -0.39 is 0 Å². The van der Waals surface area contributed by atoms with Gasteiger partial charge in [0.15, 0.2) is 6.73 Å². The number of hydrogen-bond acceptors (Lipinski definition) is 4. The van der Waals surface area contributed by atoms with Gasteiger partial charge < -0.3 is 10.1 Å². The average molecular weight is 477 g/mol. The molecule has 0 unspecified atom stereocenters. The molecule has 0 aliphatic rings. The maximum absolute atomic E-state index is 12.7. The molecule has 0 fully saturated rings. The van der Waals surface area contributed by atoms with Crippen molar-refractivity contribution in [2.45, 2.75) is 13.3 Å². The Balaban J connectivity index is 1.40. The molecule has 1 N–H and O–H groups in total. The maximum Gasteiger partial charge on any atom is 0.274 e. The number of benzene rings is 2. The number of carbonyl (C=O) groups is 1. The van der Waals surface area contributed by atoms with Gasteiger partial charge in [0.1, 0.15) is 11.4 Å². The first kappa shape index (κ1) is 21.2. The fourth-order valence-electron chi connectivity index (χ4n) is 2.85. The lowest BCUT2D eigenvalue weighted by atomic mass is 10.2. The summed E-state index contributed by atoms with van der Waals surface area (Å²) in [5, 5.41) is 12.9. The third kappa shape index (κ3) is 5.19. The highest BCUT2D eigenvalue weighted by molar-refractivity contribution is 6.36. The zero-order valence-electron chi connectivity index (χ0n) is 16.0. The number of rotatable bonds is 7. The maximum atomic E-state index is 12.7. The Hall–Kier alpha value is -3.00. The topological polar surface area (TPSA) is 74.0 Å².